The van der Waals surface area contributed by atoms with Crippen molar-refractivity contribution >= 4 is 90.5 Å². The van der Waals surface area contributed by atoms with Crippen LogP contribution in [0.1, 0.15) is 369 Å². The van der Waals surface area contributed by atoms with Crippen molar-refractivity contribution in [3.05, 3.63) is 239 Å². The molecule has 6 N–H and O–H groups in total. The SMILES string of the molecule is C#CCCCCCCCCC(=O)OC(C)(C)C1CCNCC1.C=CCCCCCCCCC(=O)OC(C)(C)C1CCNCC1.CC(C)(OC(=O)c1c2ccccc2cc2ccccc12)C1CCNCC1.CC(C)(OC(=O)c1cccc2c1C(=O)c1ccccc1C2=O)C1CCNCC1.CC(C)(OC(=O)c1cccc2cc3ccccc3cc12)C1CCNCC1.Cc1ccc(C2(C(=O)OC(C)(C)C3CCNCC3)CCCCC2)cc1. The third-order valence-electron chi connectivity index (χ3n) is 32.9. The highest BCUT2D eigenvalue weighted by Gasteiger charge is 2.48. The number of rotatable bonds is 34. The van der Waals surface area contributed by atoms with Crippen molar-refractivity contribution in [3.63, 3.8) is 0 Å². The molecule has 9 aromatic carbocycles. The number of fused-ring (bicyclic) bond motifs is 6. The third-order valence-corrected chi connectivity index (χ3v) is 32.9. The molecule has 804 valence electrons. The van der Waals surface area contributed by atoms with E-state index >= 15 is 0 Å². The number of benzene rings is 9. The molecule has 0 amide bonds. The van der Waals surface area contributed by atoms with Crippen molar-refractivity contribution in [2.24, 2.45) is 35.5 Å². The van der Waals surface area contributed by atoms with E-state index in [1.165, 1.54) is 62.3 Å². The lowest BCUT2D eigenvalue weighted by molar-refractivity contribution is -0.172. The second kappa shape index (κ2) is 56.6. The van der Waals surface area contributed by atoms with E-state index in [-0.39, 0.29) is 75.2 Å². The summed E-state index contributed by atoms with van der Waals surface area (Å²) in [6.45, 7) is 42.3. The molecule has 1 saturated carbocycles. The minimum absolute atomic E-state index is 0.000384. The maximum absolute atomic E-state index is 13.4. The molecule has 6 saturated heterocycles. The highest BCUT2D eigenvalue weighted by atomic mass is 16.6. The van der Waals surface area contributed by atoms with E-state index in [1.54, 1.807) is 42.5 Å². The van der Waals surface area contributed by atoms with Crippen LogP contribution in [0.2, 0.25) is 0 Å². The number of piperidine rings is 6. The number of carbonyl (C=O) groups is 8. The third kappa shape index (κ3) is 33.1. The van der Waals surface area contributed by atoms with Gasteiger partial charge in [0, 0.05) is 77.0 Å². The van der Waals surface area contributed by atoms with Crippen LogP contribution in [-0.4, -0.2) is 160 Å². The summed E-state index contributed by atoms with van der Waals surface area (Å²) in [4.78, 5) is 103. The van der Waals surface area contributed by atoms with Crippen molar-refractivity contribution in [1.82, 2.24) is 31.9 Å². The van der Waals surface area contributed by atoms with Gasteiger partial charge >= 0.3 is 35.8 Å². The fourth-order valence-corrected chi connectivity index (χ4v) is 23.3. The number of ether oxygens (including phenoxy) is 6. The van der Waals surface area contributed by atoms with Crippen LogP contribution in [-0.2, 0) is 48.2 Å². The van der Waals surface area contributed by atoms with Crippen LogP contribution in [0.25, 0.3) is 43.1 Å². The topological polar surface area (TPSA) is 264 Å². The minimum atomic E-state index is -0.651. The van der Waals surface area contributed by atoms with Gasteiger partial charge in [0.2, 0.25) is 0 Å². The molecule has 2 aliphatic carbocycles. The van der Waals surface area contributed by atoms with E-state index in [2.05, 4.69) is 166 Å². The molecule has 0 radical (unpaired) electrons. The van der Waals surface area contributed by atoms with Crippen LogP contribution >= 0.6 is 0 Å². The number of unbranched alkanes of at least 4 members (excludes halogenated alkanes) is 12. The Balaban J connectivity index is 0.000000159. The molecular formula is C129H174N6O14. The quantitative estimate of drug-likeness (QED) is 0.00547. The Morgan fingerprint density at radius 3 is 1.11 bits per heavy atom. The van der Waals surface area contributed by atoms with Crippen molar-refractivity contribution in [3.8, 4) is 12.3 Å². The highest BCUT2D eigenvalue weighted by Crippen LogP contribution is 2.45. The number of allylic oxidation sites excluding steroid dienone is 1. The molecule has 17 rings (SSSR count). The summed E-state index contributed by atoms with van der Waals surface area (Å²) >= 11 is 0. The Bertz CT molecular complexity index is 5840. The van der Waals surface area contributed by atoms with E-state index in [1.807, 2.05) is 108 Å². The van der Waals surface area contributed by atoms with Gasteiger partial charge in [0.05, 0.1) is 22.1 Å². The molecule has 9 aromatic rings. The molecular weight excluding hydrogens is 1860 g/mol. The number of hydrogen-bond donors (Lipinski definition) is 6. The predicted molar refractivity (Wildman–Crippen MR) is 604 cm³/mol. The van der Waals surface area contributed by atoms with Gasteiger partial charge < -0.3 is 60.3 Å². The molecule has 20 heteroatoms. The summed E-state index contributed by atoms with van der Waals surface area (Å²) in [7, 11) is 0. The van der Waals surface area contributed by atoms with Gasteiger partial charge in [-0.25, -0.2) is 14.4 Å². The second-order valence-corrected chi connectivity index (χ2v) is 45.9. The molecule has 7 fully saturated rings. The first kappa shape index (κ1) is 117. The summed E-state index contributed by atoms with van der Waals surface area (Å²) in [5.41, 5.74) is 1.92. The average Bonchev–Trinajstić information content (AvgIpc) is 0.753. The van der Waals surface area contributed by atoms with Crippen molar-refractivity contribution < 1.29 is 66.8 Å². The zero-order valence-electron chi connectivity index (χ0n) is 92.1. The molecule has 0 atom stereocenters. The minimum Gasteiger partial charge on any atom is -0.459 e. The Morgan fingerprint density at radius 1 is 0.349 bits per heavy atom. The first-order valence-electron chi connectivity index (χ1n) is 56.4. The number of carbonyl (C=O) groups excluding carboxylic acids is 8. The predicted octanol–water partition coefficient (Wildman–Crippen LogP) is 26.4. The molecule has 149 heavy (non-hydrogen) atoms. The summed E-state index contributed by atoms with van der Waals surface area (Å²) in [5.74, 6) is 3.50. The largest absolute Gasteiger partial charge is 0.459 e. The van der Waals surface area contributed by atoms with Crippen LogP contribution in [0.4, 0.5) is 0 Å². The number of hydrogen-bond acceptors (Lipinski definition) is 20. The molecule has 0 aromatic heterocycles. The fraction of sp³-hybridized carbons (Fsp3) is 0.550. The van der Waals surface area contributed by atoms with Crippen LogP contribution in [0.15, 0.2) is 189 Å². The van der Waals surface area contributed by atoms with E-state index in [0.717, 1.165) is 269 Å². The first-order chi connectivity index (χ1) is 71.6. The van der Waals surface area contributed by atoms with Gasteiger partial charge in [0.25, 0.3) is 0 Å². The van der Waals surface area contributed by atoms with Gasteiger partial charge in [-0.3, -0.25) is 24.0 Å². The molecule has 20 nitrogen and oxygen atoms in total. The molecule has 8 aliphatic rings. The smallest absolute Gasteiger partial charge is 0.339 e. The van der Waals surface area contributed by atoms with Crippen LogP contribution in [0.3, 0.4) is 0 Å². The lowest BCUT2D eigenvalue weighted by atomic mass is 9.69. The summed E-state index contributed by atoms with van der Waals surface area (Å²) in [6.07, 6.45) is 42.1. The van der Waals surface area contributed by atoms with Gasteiger partial charge in [-0.1, -0.05) is 228 Å². The number of aryl methyl sites for hydroxylation is 1. The Labute approximate surface area is 889 Å². The maximum atomic E-state index is 13.4. The number of ketones is 2. The van der Waals surface area contributed by atoms with Gasteiger partial charge in [0.15, 0.2) is 11.6 Å². The maximum Gasteiger partial charge on any atom is 0.339 e. The van der Waals surface area contributed by atoms with Crippen LogP contribution in [0.5, 0.6) is 0 Å². The van der Waals surface area contributed by atoms with Crippen molar-refractivity contribution in [2.45, 2.75) is 341 Å². The molecule has 6 aliphatic heterocycles. The number of terminal acetylenes is 1. The number of esters is 6. The van der Waals surface area contributed by atoms with E-state index in [4.69, 9.17) is 34.8 Å². The van der Waals surface area contributed by atoms with E-state index in [9.17, 15) is 38.4 Å². The zero-order chi connectivity index (χ0) is 107. The van der Waals surface area contributed by atoms with Crippen molar-refractivity contribution in [1.29, 1.82) is 0 Å². The normalized spacial score (nSPS) is 17.3. The first-order valence-corrected chi connectivity index (χ1v) is 56.4. The Hall–Kier alpha value is -10.8. The lowest BCUT2D eigenvalue weighted by Gasteiger charge is -2.42. The van der Waals surface area contributed by atoms with Crippen LogP contribution in [0, 0.1) is 54.8 Å². The molecule has 0 bridgehead atoms. The lowest BCUT2D eigenvalue weighted by Crippen LogP contribution is -2.48. The summed E-state index contributed by atoms with van der Waals surface area (Å²) < 4.78 is 35.7. The van der Waals surface area contributed by atoms with Gasteiger partial charge in [0.1, 0.15) is 33.6 Å². The summed E-state index contributed by atoms with van der Waals surface area (Å²) in [6, 6.07) is 56.6. The Kier molecular flexibility index (Phi) is 44.4. The monoisotopic (exact) mass is 2030 g/mol. The molecule has 6 heterocycles. The molecule has 0 unspecified atom stereocenters. The Morgan fingerprint density at radius 2 is 0.678 bits per heavy atom. The van der Waals surface area contributed by atoms with Crippen molar-refractivity contribution in [2.75, 3.05) is 78.5 Å². The van der Waals surface area contributed by atoms with E-state index in [0.29, 0.717) is 64.7 Å². The van der Waals surface area contributed by atoms with Crippen LogP contribution < -0.4 is 31.9 Å². The van der Waals surface area contributed by atoms with Gasteiger partial charge in [-0.2, -0.15) is 0 Å². The standard InChI is InChI=1S/C23H23NO4.2C23H25NO2.C22H33NO2.C19H35NO2.C19H33NO2/c1-23(2,14-10-12-24-13-11-14)28-22(27)18-9-5-8-17-19(18)21(26)16-7-4-3-6-15(16)20(17)25;1-23(2,18-11-13-24-14-12-18)26-22(25)21-19-9-5-3-7-16(19)15-17-8-4-6-10-20(17)21;1-23(2,19-10-12-24-13-11-19)26-22(25)20-9-5-8-18-14-16-6-3-4-7-17(16)15-21(18)20;1-17-7-9-19(10-8-17)22(13-5-4-6-14-22)20(24)25-21(2,3)18-11-15-23-16-12-18;2*1-4-5-6-7-8-9-10-11-12-18(21)22-19(2,3)17-13-15-20-16-14-17/h3-9,14,24H,10-13H2,1-2H3;3-10,15,18,24H,11-14H2,1-2H3;3-9,14-15,19,24H,10-13H2,1-2H3;7-10,18,23H,4-6,11-16H2,1-3H3;4,17,20H,1,5-16H2,2-3H3;1,17,20H,5-16H2,2-3H3. The number of nitrogens with one attached hydrogen (secondary N) is 6. The average molecular weight is 2030 g/mol. The highest BCUT2D eigenvalue weighted by molar-refractivity contribution is 6.30. The van der Waals surface area contributed by atoms with Gasteiger partial charge in [-0.15, -0.1) is 18.9 Å². The fourth-order valence-electron chi connectivity index (χ4n) is 23.3. The van der Waals surface area contributed by atoms with E-state index < -0.39 is 33.8 Å². The second-order valence-electron chi connectivity index (χ2n) is 45.9. The van der Waals surface area contributed by atoms with Gasteiger partial charge in [-0.05, 0) is 370 Å². The molecule has 0 spiro atoms. The zero-order valence-corrected chi connectivity index (χ0v) is 92.1. The summed E-state index contributed by atoms with van der Waals surface area (Å²) in [5, 5.41) is 28.6.